The van der Waals surface area contributed by atoms with Crippen molar-refractivity contribution in [1.82, 2.24) is 15.2 Å². The number of aryl methyl sites for hydroxylation is 2. The lowest BCUT2D eigenvalue weighted by molar-refractivity contribution is 0.234. The van der Waals surface area contributed by atoms with Gasteiger partial charge in [-0.15, -0.1) is 0 Å². The summed E-state index contributed by atoms with van der Waals surface area (Å²) in [6.07, 6.45) is 6.06. The monoisotopic (exact) mass is 399 g/mol. The summed E-state index contributed by atoms with van der Waals surface area (Å²) in [5.41, 5.74) is 4.01. The highest BCUT2D eigenvalue weighted by atomic mass is 32.1. The van der Waals surface area contributed by atoms with Gasteiger partial charge in [0.1, 0.15) is 0 Å². The maximum Gasteiger partial charge on any atom is 0.253 e. The Balaban J connectivity index is 1.93. The van der Waals surface area contributed by atoms with Gasteiger partial charge in [0.15, 0.2) is 5.11 Å². The van der Waals surface area contributed by atoms with Gasteiger partial charge in [0.05, 0.1) is 12.1 Å². The second-order valence-electron chi connectivity index (χ2n) is 8.61. The van der Waals surface area contributed by atoms with Crippen molar-refractivity contribution < 1.29 is 0 Å². The number of hydrogen-bond acceptors (Lipinski definition) is 2. The Morgan fingerprint density at radius 1 is 1.21 bits per heavy atom. The van der Waals surface area contributed by atoms with Crippen molar-refractivity contribution >= 4 is 28.2 Å². The molecule has 28 heavy (non-hydrogen) atoms. The number of aromatic nitrogens is 1. The van der Waals surface area contributed by atoms with Gasteiger partial charge < -0.3 is 15.2 Å². The Labute approximate surface area is 173 Å². The zero-order chi connectivity index (χ0) is 20.3. The van der Waals surface area contributed by atoms with Crippen molar-refractivity contribution in [3.8, 4) is 0 Å². The van der Waals surface area contributed by atoms with E-state index in [9.17, 15) is 4.79 Å². The third kappa shape index (κ3) is 4.75. The first-order valence-electron chi connectivity index (χ1n) is 10.5. The number of rotatable bonds is 5. The minimum atomic E-state index is -0.00586. The van der Waals surface area contributed by atoms with Crippen molar-refractivity contribution in [3.05, 3.63) is 45.2 Å². The van der Waals surface area contributed by atoms with E-state index in [2.05, 4.69) is 54.2 Å². The molecule has 152 valence electrons. The molecule has 0 saturated heterocycles. The third-order valence-electron chi connectivity index (χ3n) is 5.80. The average molecular weight is 400 g/mol. The summed E-state index contributed by atoms with van der Waals surface area (Å²) in [5.74, 6) is 0.529. The smallest absolute Gasteiger partial charge is 0.253 e. The topological polar surface area (TPSA) is 48.1 Å². The van der Waals surface area contributed by atoms with E-state index in [1.807, 2.05) is 6.92 Å². The van der Waals surface area contributed by atoms with Crippen LogP contribution in [0.3, 0.4) is 0 Å². The van der Waals surface area contributed by atoms with Gasteiger partial charge >= 0.3 is 0 Å². The molecule has 1 heterocycles. The molecule has 0 atom stereocenters. The van der Waals surface area contributed by atoms with E-state index in [0.29, 0.717) is 18.5 Å². The Bertz CT molecular complexity index is 897. The van der Waals surface area contributed by atoms with Gasteiger partial charge in [-0.05, 0) is 62.0 Å². The Morgan fingerprint density at radius 2 is 1.89 bits per heavy atom. The number of H-pyrrole nitrogens is 1. The van der Waals surface area contributed by atoms with Crippen LogP contribution in [0.5, 0.6) is 0 Å². The lowest BCUT2D eigenvalue weighted by Gasteiger charge is -2.36. The normalized spacial score (nSPS) is 15.2. The van der Waals surface area contributed by atoms with Crippen LogP contribution < -0.4 is 10.9 Å². The van der Waals surface area contributed by atoms with Crippen molar-refractivity contribution in [1.29, 1.82) is 0 Å². The van der Waals surface area contributed by atoms with Gasteiger partial charge in [0, 0.05) is 23.5 Å². The van der Waals surface area contributed by atoms with Gasteiger partial charge in [-0.3, -0.25) is 4.79 Å². The fraction of sp³-hybridized carbons (Fsp3) is 0.565. The first-order chi connectivity index (χ1) is 13.4. The number of hydrogen-bond donors (Lipinski definition) is 2. The molecule has 0 radical (unpaired) electrons. The van der Waals surface area contributed by atoms with E-state index in [0.717, 1.165) is 46.5 Å². The maximum absolute atomic E-state index is 12.9. The van der Waals surface area contributed by atoms with Gasteiger partial charge in [0.25, 0.3) is 5.56 Å². The highest BCUT2D eigenvalue weighted by molar-refractivity contribution is 7.80. The average Bonchev–Trinajstić information content (AvgIpc) is 2.68. The molecule has 0 bridgehead atoms. The van der Waals surface area contributed by atoms with Gasteiger partial charge in [-0.25, -0.2) is 0 Å². The van der Waals surface area contributed by atoms with E-state index in [1.165, 1.54) is 24.8 Å². The van der Waals surface area contributed by atoms with E-state index in [-0.39, 0.29) is 5.56 Å². The fourth-order valence-corrected chi connectivity index (χ4v) is 4.37. The molecular weight excluding hydrogens is 366 g/mol. The van der Waals surface area contributed by atoms with Crippen LogP contribution in [0.1, 0.15) is 62.6 Å². The summed E-state index contributed by atoms with van der Waals surface area (Å²) in [6.45, 7) is 9.91. The van der Waals surface area contributed by atoms with Gasteiger partial charge in [-0.1, -0.05) is 45.2 Å². The fourth-order valence-electron chi connectivity index (χ4n) is 4.07. The summed E-state index contributed by atoms with van der Waals surface area (Å²) >= 11 is 5.76. The Kier molecular flexibility index (Phi) is 6.76. The number of fused-ring (bicyclic) bond motifs is 1. The molecule has 1 aliphatic rings. The van der Waals surface area contributed by atoms with Crippen molar-refractivity contribution in [3.63, 3.8) is 0 Å². The summed E-state index contributed by atoms with van der Waals surface area (Å²) in [6, 6.07) is 6.66. The maximum atomic E-state index is 12.9. The van der Waals surface area contributed by atoms with Crippen LogP contribution in [0.15, 0.2) is 23.0 Å². The van der Waals surface area contributed by atoms with Crippen LogP contribution in [0.4, 0.5) is 0 Å². The molecule has 2 aromatic rings. The summed E-state index contributed by atoms with van der Waals surface area (Å²) < 4.78 is 0. The van der Waals surface area contributed by atoms with Gasteiger partial charge in [0.2, 0.25) is 0 Å². The predicted molar refractivity (Wildman–Crippen MR) is 122 cm³/mol. The Hall–Kier alpha value is -1.88. The van der Waals surface area contributed by atoms with Crippen LogP contribution in [0, 0.1) is 19.8 Å². The minimum Gasteiger partial charge on any atom is -0.362 e. The molecule has 1 aliphatic carbocycles. The number of thiocarbonyl (C=S) groups is 1. The summed E-state index contributed by atoms with van der Waals surface area (Å²) in [5, 5.41) is 5.33. The molecular formula is C23H33N3OS. The first-order valence-corrected chi connectivity index (χ1v) is 10.9. The molecule has 0 amide bonds. The van der Waals surface area contributed by atoms with E-state index >= 15 is 0 Å². The summed E-state index contributed by atoms with van der Waals surface area (Å²) in [4.78, 5) is 18.2. The van der Waals surface area contributed by atoms with Crippen LogP contribution in [-0.2, 0) is 6.54 Å². The molecule has 0 spiro atoms. The second-order valence-corrected chi connectivity index (χ2v) is 9.00. The molecule has 1 saturated carbocycles. The lowest BCUT2D eigenvalue weighted by Crippen LogP contribution is -2.47. The zero-order valence-corrected chi connectivity index (χ0v) is 18.4. The molecule has 2 N–H and O–H groups in total. The van der Waals surface area contributed by atoms with Crippen LogP contribution in [0.25, 0.3) is 10.9 Å². The van der Waals surface area contributed by atoms with Crippen LogP contribution in [0.2, 0.25) is 0 Å². The van der Waals surface area contributed by atoms with Crippen LogP contribution in [-0.4, -0.2) is 27.6 Å². The molecule has 4 nitrogen and oxygen atoms in total. The predicted octanol–water partition coefficient (Wildman–Crippen LogP) is 4.81. The first kappa shape index (κ1) is 20.8. The minimum absolute atomic E-state index is 0.00586. The number of nitrogens with zero attached hydrogens (tertiary/aromatic N) is 1. The largest absolute Gasteiger partial charge is 0.362 e. The molecule has 1 aromatic carbocycles. The van der Waals surface area contributed by atoms with Gasteiger partial charge in [-0.2, -0.15) is 0 Å². The quantitative estimate of drug-likeness (QED) is 0.709. The zero-order valence-electron chi connectivity index (χ0n) is 17.6. The third-order valence-corrected chi connectivity index (χ3v) is 6.18. The SMILES string of the molecule is Cc1ccc(C)c2[nH]c(=O)c(CN(C(=S)NCC(C)C)C3CCCCC3)cc12. The number of aromatic amines is 1. The Morgan fingerprint density at radius 3 is 2.57 bits per heavy atom. The van der Waals surface area contributed by atoms with E-state index in [1.54, 1.807) is 0 Å². The summed E-state index contributed by atoms with van der Waals surface area (Å²) in [7, 11) is 0. The highest BCUT2D eigenvalue weighted by Gasteiger charge is 2.24. The molecule has 0 unspecified atom stereocenters. The van der Waals surface area contributed by atoms with Crippen molar-refractivity contribution in [2.75, 3.05) is 6.54 Å². The molecule has 3 rings (SSSR count). The number of pyridine rings is 1. The number of nitrogens with one attached hydrogen (secondary N) is 2. The highest BCUT2D eigenvalue weighted by Crippen LogP contribution is 2.25. The van der Waals surface area contributed by atoms with Crippen LogP contribution >= 0.6 is 12.2 Å². The second kappa shape index (κ2) is 9.08. The molecule has 1 aromatic heterocycles. The molecule has 1 fully saturated rings. The lowest BCUT2D eigenvalue weighted by atomic mass is 9.94. The molecule has 0 aliphatic heterocycles. The number of benzene rings is 1. The van der Waals surface area contributed by atoms with Crippen molar-refractivity contribution in [2.45, 2.75) is 72.4 Å². The van der Waals surface area contributed by atoms with E-state index in [4.69, 9.17) is 12.2 Å². The van der Waals surface area contributed by atoms with E-state index < -0.39 is 0 Å². The van der Waals surface area contributed by atoms with Crippen molar-refractivity contribution in [2.24, 2.45) is 5.92 Å². The molecule has 5 heteroatoms. The standard InChI is InChI=1S/C23H33N3OS/c1-15(2)13-24-23(28)26(19-8-6-5-7-9-19)14-18-12-20-16(3)10-11-17(4)21(20)25-22(18)27/h10-12,15,19H,5-9,13-14H2,1-4H3,(H,24,28)(H,25,27).